The van der Waals surface area contributed by atoms with E-state index in [9.17, 15) is 4.39 Å². The van der Waals surface area contributed by atoms with Gasteiger partial charge in [0, 0.05) is 5.56 Å². The van der Waals surface area contributed by atoms with Crippen molar-refractivity contribution in [2.24, 2.45) is 0 Å². The van der Waals surface area contributed by atoms with Crippen LogP contribution < -0.4 is 0 Å². The maximum atomic E-state index is 13.3. The molecule has 1 heterocycles. The monoisotopic (exact) mass is 206 g/mol. The molecular weight excluding hydrogens is 195 g/mol. The van der Waals surface area contributed by atoms with E-state index in [0.717, 1.165) is 5.56 Å². The van der Waals surface area contributed by atoms with Gasteiger partial charge in [-0.15, -0.1) is 0 Å². The summed E-state index contributed by atoms with van der Waals surface area (Å²) in [7, 11) is 0. The summed E-state index contributed by atoms with van der Waals surface area (Å²) in [5, 5.41) is 8.88. The van der Waals surface area contributed by atoms with E-state index in [0.29, 0.717) is 17.1 Å². The third-order valence-corrected chi connectivity index (χ3v) is 2.32. The molecule has 0 spiro atoms. The van der Waals surface area contributed by atoms with Crippen molar-refractivity contribution in [2.75, 3.05) is 0 Å². The number of hydrogen-bond acceptors (Lipinski definition) is 2. The van der Waals surface area contributed by atoms with Gasteiger partial charge in [0.2, 0.25) is 0 Å². The number of H-pyrrole nitrogens is 1. The van der Waals surface area contributed by atoms with E-state index in [4.69, 9.17) is 5.11 Å². The number of rotatable bonds is 2. The first-order chi connectivity index (χ1) is 7.22. The van der Waals surface area contributed by atoms with Crippen molar-refractivity contribution in [3.8, 4) is 11.4 Å². The largest absolute Gasteiger partial charge is 0.390 e. The molecule has 0 fully saturated rings. The van der Waals surface area contributed by atoms with Crippen molar-refractivity contribution in [3.05, 3.63) is 41.5 Å². The lowest BCUT2D eigenvalue weighted by atomic mass is 10.1. The molecule has 4 heteroatoms. The number of aromatic nitrogens is 2. The Labute approximate surface area is 86.6 Å². The Balaban J connectivity index is 2.49. The molecule has 0 aliphatic heterocycles. The van der Waals surface area contributed by atoms with E-state index < -0.39 is 0 Å². The number of nitrogens with one attached hydrogen (secondary N) is 1. The molecule has 3 nitrogen and oxygen atoms in total. The molecule has 0 bridgehead atoms. The minimum atomic E-state index is -0.255. The molecule has 0 amide bonds. The molecule has 0 aliphatic carbocycles. The highest BCUT2D eigenvalue weighted by Crippen LogP contribution is 2.22. The van der Waals surface area contributed by atoms with Crippen molar-refractivity contribution in [3.63, 3.8) is 0 Å². The number of aliphatic hydroxyl groups is 1. The normalized spacial score (nSPS) is 10.6. The predicted octanol–water partition coefficient (Wildman–Crippen LogP) is 2.02. The van der Waals surface area contributed by atoms with Gasteiger partial charge in [-0.25, -0.2) is 9.37 Å². The lowest BCUT2D eigenvalue weighted by Crippen LogP contribution is -1.90. The molecule has 0 unspecified atom stereocenters. The average Bonchev–Trinajstić information content (AvgIpc) is 2.70. The SMILES string of the molecule is Cc1c(F)cccc1-c1ncc(CO)[nH]1. The summed E-state index contributed by atoms with van der Waals surface area (Å²) in [6, 6.07) is 4.84. The molecule has 15 heavy (non-hydrogen) atoms. The lowest BCUT2D eigenvalue weighted by molar-refractivity contribution is 0.277. The maximum absolute atomic E-state index is 13.3. The van der Waals surface area contributed by atoms with Gasteiger partial charge in [-0.05, 0) is 18.6 Å². The average molecular weight is 206 g/mol. The third kappa shape index (κ3) is 1.76. The topological polar surface area (TPSA) is 48.9 Å². The molecule has 2 aromatic rings. The second-order valence-corrected chi connectivity index (χ2v) is 3.33. The van der Waals surface area contributed by atoms with E-state index >= 15 is 0 Å². The van der Waals surface area contributed by atoms with Gasteiger partial charge in [-0.3, -0.25) is 0 Å². The van der Waals surface area contributed by atoms with Crippen LogP contribution in [0.25, 0.3) is 11.4 Å². The number of aromatic amines is 1. The molecular formula is C11H11FN2O. The van der Waals surface area contributed by atoms with Crippen LogP contribution in [0.5, 0.6) is 0 Å². The van der Waals surface area contributed by atoms with Crippen LogP contribution in [-0.2, 0) is 6.61 Å². The molecule has 0 radical (unpaired) electrons. The van der Waals surface area contributed by atoms with Gasteiger partial charge >= 0.3 is 0 Å². The highest BCUT2D eigenvalue weighted by atomic mass is 19.1. The van der Waals surface area contributed by atoms with Crippen LogP contribution in [0, 0.1) is 12.7 Å². The van der Waals surface area contributed by atoms with E-state index in [2.05, 4.69) is 9.97 Å². The van der Waals surface area contributed by atoms with Gasteiger partial charge < -0.3 is 10.1 Å². The molecule has 0 atom stereocenters. The summed E-state index contributed by atoms with van der Waals surface area (Å²) < 4.78 is 13.3. The first kappa shape index (κ1) is 9.86. The van der Waals surface area contributed by atoms with E-state index in [1.54, 1.807) is 25.3 Å². The maximum Gasteiger partial charge on any atom is 0.137 e. The third-order valence-electron chi connectivity index (χ3n) is 2.32. The Hall–Kier alpha value is -1.68. The van der Waals surface area contributed by atoms with Gasteiger partial charge in [0.1, 0.15) is 11.6 Å². The number of hydrogen-bond donors (Lipinski definition) is 2. The van der Waals surface area contributed by atoms with Crippen molar-refractivity contribution in [1.82, 2.24) is 9.97 Å². The minimum absolute atomic E-state index is 0.0959. The van der Waals surface area contributed by atoms with Gasteiger partial charge in [-0.1, -0.05) is 12.1 Å². The Kier molecular flexibility index (Phi) is 2.51. The summed E-state index contributed by atoms with van der Waals surface area (Å²) >= 11 is 0. The fourth-order valence-electron chi connectivity index (χ4n) is 1.44. The molecule has 2 rings (SSSR count). The molecule has 1 aromatic carbocycles. The quantitative estimate of drug-likeness (QED) is 0.789. The van der Waals surface area contributed by atoms with E-state index in [1.165, 1.54) is 6.07 Å². The zero-order valence-electron chi connectivity index (χ0n) is 8.29. The van der Waals surface area contributed by atoms with Crippen molar-refractivity contribution < 1.29 is 9.50 Å². The summed E-state index contributed by atoms with van der Waals surface area (Å²) in [5.74, 6) is 0.325. The number of benzene rings is 1. The zero-order chi connectivity index (χ0) is 10.8. The summed E-state index contributed by atoms with van der Waals surface area (Å²) in [6.45, 7) is 1.60. The lowest BCUT2D eigenvalue weighted by Gasteiger charge is -2.02. The molecule has 0 saturated heterocycles. The zero-order valence-corrected chi connectivity index (χ0v) is 8.29. The smallest absolute Gasteiger partial charge is 0.137 e. The first-order valence-electron chi connectivity index (χ1n) is 4.62. The minimum Gasteiger partial charge on any atom is -0.390 e. The Morgan fingerprint density at radius 2 is 2.27 bits per heavy atom. The van der Waals surface area contributed by atoms with Crippen LogP contribution in [0.3, 0.4) is 0 Å². The summed E-state index contributed by atoms with van der Waals surface area (Å²) in [5.41, 5.74) is 1.89. The van der Waals surface area contributed by atoms with Gasteiger partial charge in [-0.2, -0.15) is 0 Å². The van der Waals surface area contributed by atoms with Crippen LogP contribution in [0.15, 0.2) is 24.4 Å². The van der Waals surface area contributed by atoms with Gasteiger partial charge in [0.25, 0.3) is 0 Å². The van der Waals surface area contributed by atoms with E-state index in [1.807, 2.05) is 0 Å². The summed E-state index contributed by atoms with van der Waals surface area (Å²) in [4.78, 5) is 7.00. The van der Waals surface area contributed by atoms with Crippen molar-refractivity contribution >= 4 is 0 Å². The van der Waals surface area contributed by atoms with Crippen molar-refractivity contribution in [2.45, 2.75) is 13.5 Å². The van der Waals surface area contributed by atoms with E-state index in [-0.39, 0.29) is 12.4 Å². The molecule has 78 valence electrons. The standard InChI is InChI=1S/C11H11FN2O/c1-7-9(3-2-4-10(7)12)11-13-5-8(6-15)14-11/h2-5,15H,6H2,1H3,(H,13,14). The van der Waals surface area contributed by atoms with Gasteiger partial charge in [0.15, 0.2) is 0 Å². The Morgan fingerprint density at radius 1 is 1.47 bits per heavy atom. The van der Waals surface area contributed by atoms with Crippen LogP contribution in [0.1, 0.15) is 11.3 Å². The number of aliphatic hydroxyl groups excluding tert-OH is 1. The number of halogens is 1. The fourth-order valence-corrected chi connectivity index (χ4v) is 1.44. The first-order valence-corrected chi connectivity index (χ1v) is 4.62. The Bertz CT molecular complexity index is 479. The summed E-state index contributed by atoms with van der Waals surface area (Å²) in [6.07, 6.45) is 1.54. The van der Waals surface area contributed by atoms with Crippen LogP contribution >= 0.6 is 0 Å². The fraction of sp³-hybridized carbons (Fsp3) is 0.182. The van der Waals surface area contributed by atoms with Crippen LogP contribution in [-0.4, -0.2) is 15.1 Å². The molecule has 0 saturated carbocycles. The predicted molar refractivity (Wildman–Crippen MR) is 54.6 cm³/mol. The number of imidazole rings is 1. The van der Waals surface area contributed by atoms with Gasteiger partial charge in [0.05, 0.1) is 18.5 Å². The molecule has 2 N–H and O–H groups in total. The second kappa shape index (κ2) is 3.82. The molecule has 1 aromatic heterocycles. The van der Waals surface area contributed by atoms with Crippen LogP contribution in [0.2, 0.25) is 0 Å². The van der Waals surface area contributed by atoms with Crippen LogP contribution in [0.4, 0.5) is 4.39 Å². The highest BCUT2D eigenvalue weighted by molar-refractivity contribution is 5.60. The second-order valence-electron chi connectivity index (χ2n) is 3.33. The molecule has 0 aliphatic rings. The van der Waals surface area contributed by atoms with Crippen molar-refractivity contribution in [1.29, 1.82) is 0 Å². The Morgan fingerprint density at radius 3 is 2.93 bits per heavy atom. The highest BCUT2D eigenvalue weighted by Gasteiger charge is 2.08. The number of nitrogens with zero attached hydrogens (tertiary/aromatic N) is 1.